The van der Waals surface area contributed by atoms with Gasteiger partial charge in [-0.05, 0) is 25.3 Å². The fraction of sp³-hybridized carbons (Fsp3) is 0.389. The smallest absolute Gasteiger partial charge is 0.324 e. The first-order valence-corrected chi connectivity index (χ1v) is 9.56. The molecule has 0 aromatic heterocycles. The molecule has 1 aliphatic rings. The zero-order valence-electron chi connectivity index (χ0n) is 13.8. The molecule has 2 atom stereocenters. The van der Waals surface area contributed by atoms with E-state index in [1.165, 1.54) is 10.4 Å². The highest BCUT2D eigenvalue weighted by molar-refractivity contribution is 7.89. The van der Waals surface area contributed by atoms with Crippen LogP contribution in [0.3, 0.4) is 0 Å². The summed E-state index contributed by atoms with van der Waals surface area (Å²) in [6.07, 6.45) is 6.02. The third-order valence-electron chi connectivity index (χ3n) is 3.93. The first kappa shape index (κ1) is 18.4. The largest absolute Gasteiger partial charge is 0.460 e. The Balaban J connectivity index is 2.14. The van der Waals surface area contributed by atoms with E-state index in [2.05, 4.69) is 6.58 Å². The first-order chi connectivity index (χ1) is 11.5. The van der Waals surface area contributed by atoms with E-state index in [-0.39, 0.29) is 18.4 Å². The summed E-state index contributed by atoms with van der Waals surface area (Å²) < 4.78 is 31.7. The van der Waals surface area contributed by atoms with Crippen LogP contribution in [0, 0.1) is 0 Å². The normalized spacial score (nSPS) is 21.9. The van der Waals surface area contributed by atoms with Crippen molar-refractivity contribution < 1.29 is 17.9 Å². The summed E-state index contributed by atoms with van der Waals surface area (Å²) in [4.78, 5) is 12.5. The van der Waals surface area contributed by atoms with Crippen LogP contribution >= 0.6 is 0 Å². The van der Waals surface area contributed by atoms with Gasteiger partial charge in [0.2, 0.25) is 10.0 Å². The zero-order chi connectivity index (χ0) is 17.6. The van der Waals surface area contributed by atoms with Crippen molar-refractivity contribution in [1.29, 1.82) is 0 Å². The number of ether oxygens (including phenoxy) is 1. The maximum Gasteiger partial charge on any atom is 0.324 e. The molecule has 0 radical (unpaired) electrons. The highest BCUT2D eigenvalue weighted by Crippen LogP contribution is 2.30. The highest BCUT2D eigenvalue weighted by atomic mass is 32.2. The number of carbonyl (C=O) groups is 1. The van der Waals surface area contributed by atoms with Crippen molar-refractivity contribution >= 4 is 16.0 Å². The summed E-state index contributed by atoms with van der Waals surface area (Å²) in [5.41, 5.74) is 0.870. The molecule has 0 bridgehead atoms. The molecule has 1 saturated heterocycles. The Morgan fingerprint density at radius 3 is 2.67 bits per heavy atom. The number of carbonyl (C=O) groups excluding carboxylic acids is 1. The van der Waals surface area contributed by atoms with E-state index in [0.717, 1.165) is 5.56 Å². The van der Waals surface area contributed by atoms with Crippen LogP contribution in [-0.4, -0.2) is 36.5 Å². The van der Waals surface area contributed by atoms with Gasteiger partial charge in [0.15, 0.2) is 0 Å². The minimum Gasteiger partial charge on any atom is -0.460 e. The van der Waals surface area contributed by atoms with E-state index in [4.69, 9.17) is 4.74 Å². The van der Waals surface area contributed by atoms with Gasteiger partial charge in [0.25, 0.3) is 0 Å². The molecule has 6 heteroatoms. The third kappa shape index (κ3) is 4.33. The number of rotatable bonds is 7. The average Bonchev–Trinajstić information content (AvgIpc) is 2.99. The predicted octanol–water partition coefficient (Wildman–Crippen LogP) is 2.65. The van der Waals surface area contributed by atoms with Crippen molar-refractivity contribution in [1.82, 2.24) is 4.31 Å². The monoisotopic (exact) mass is 349 g/mol. The maximum absolute atomic E-state index is 12.5. The number of hydrogen-bond donors (Lipinski definition) is 0. The molecule has 1 aliphatic heterocycles. The fourth-order valence-corrected chi connectivity index (χ4v) is 4.54. The van der Waals surface area contributed by atoms with E-state index in [1.807, 2.05) is 43.3 Å². The van der Waals surface area contributed by atoms with Gasteiger partial charge in [-0.25, -0.2) is 8.42 Å². The van der Waals surface area contributed by atoms with Gasteiger partial charge in [-0.2, -0.15) is 4.31 Å². The van der Waals surface area contributed by atoms with Crippen LogP contribution in [0.5, 0.6) is 0 Å². The van der Waals surface area contributed by atoms with Crippen LogP contribution in [0.15, 0.2) is 55.1 Å². The number of sulfonamides is 1. The highest BCUT2D eigenvalue weighted by Gasteiger charge is 2.44. The van der Waals surface area contributed by atoms with E-state index < -0.39 is 22.0 Å². The van der Waals surface area contributed by atoms with Crippen LogP contribution in [0.4, 0.5) is 0 Å². The Bertz CT molecular complexity index is 697. The molecule has 1 aromatic rings. The van der Waals surface area contributed by atoms with Crippen molar-refractivity contribution in [2.24, 2.45) is 0 Å². The Morgan fingerprint density at radius 2 is 2.04 bits per heavy atom. The van der Waals surface area contributed by atoms with Crippen molar-refractivity contribution in [2.75, 3.05) is 5.75 Å². The number of esters is 1. The number of benzene rings is 1. The summed E-state index contributed by atoms with van der Waals surface area (Å²) in [6.45, 7) is 5.47. The molecule has 0 spiro atoms. The lowest BCUT2D eigenvalue weighted by molar-refractivity contribution is -0.149. The second-order valence-electron chi connectivity index (χ2n) is 5.68. The molecule has 0 unspecified atom stereocenters. The van der Waals surface area contributed by atoms with Crippen LogP contribution in [0.1, 0.15) is 25.3 Å². The first-order valence-electron chi connectivity index (χ1n) is 7.95. The molecule has 1 fully saturated rings. The van der Waals surface area contributed by atoms with E-state index in [0.29, 0.717) is 12.8 Å². The number of allylic oxidation sites excluding steroid dienone is 1. The van der Waals surface area contributed by atoms with Gasteiger partial charge in [0, 0.05) is 6.04 Å². The predicted molar refractivity (Wildman–Crippen MR) is 93.7 cm³/mol. The van der Waals surface area contributed by atoms with Crippen LogP contribution < -0.4 is 0 Å². The molecule has 5 nitrogen and oxygen atoms in total. The van der Waals surface area contributed by atoms with Gasteiger partial charge in [-0.15, -0.1) is 6.58 Å². The van der Waals surface area contributed by atoms with Crippen molar-refractivity contribution in [3.05, 3.63) is 60.7 Å². The minimum absolute atomic E-state index is 0.139. The molecular weight excluding hydrogens is 326 g/mol. The Hall–Kier alpha value is -1.92. The molecule has 0 saturated carbocycles. The SMILES string of the molecule is C=CCS(=O)(=O)N1[C@H](/C=C\C)CC[C@H]1C(=O)OCc1ccccc1. The molecular formula is C18H23NO4S. The third-order valence-corrected chi connectivity index (χ3v) is 5.75. The molecule has 2 rings (SSSR count). The van der Waals surface area contributed by atoms with Crippen LogP contribution in [0.25, 0.3) is 0 Å². The summed E-state index contributed by atoms with van der Waals surface area (Å²) in [6, 6.07) is 8.24. The summed E-state index contributed by atoms with van der Waals surface area (Å²) in [5, 5.41) is 0. The summed E-state index contributed by atoms with van der Waals surface area (Å²) >= 11 is 0. The average molecular weight is 349 g/mol. The molecule has 0 amide bonds. The van der Waals surface area contributed by atoms with E-state index in [1.54, 1.807) is 6.08 Å². The fourth-order valence-electron chi connectivity index (χ4n) is 2.90. The second-order valence-corrected chi connectivity index (χ2v) is 7.60. The summed E-state index contributed by atoms with van der Waals surface area (Å²) in [5.74, 6) is -0.692. The topological polar surface area (TPSA) is 63.7 Å². The summed E-state index contributed by atoms with van der Waals surface area (Å²) in [7, 11) is -3.60. The molecule has 130 valence electrons. The Morgan fingerprint density at radius 1 is 1.33 bits per heavy atom. The van der Waals surface area contributed by atoms with Gasteiger partial charge < -0.3 is 4.74 Å². The number of hydrogen-bond acceptors (Lipinski definition) is 4. The molecule has 0 aliphatic carbocycles. The van der Waals surface area contributed by atoms with Gasteiger partial charge in [-0.1, -0.05) is 48.6 Å². The van der Waals surface area contributed by atoms with Gasteiger partial charge >= 0.3 is 5.97 Å². The molecule has 0 N–H and O–H groups in total. The zero-order valence-corrected chi connectivity index (χ0v) is 14.6. The van der Waals surface area contributed by atoms with Crippen LogP contribution in [0.2, 0.25) is 0 Å². The second kappa shape index (κ2) is 8.26. The maximum atomic E-state index is 12.5. The van der Waals surface area contributed by atoms with E-state index >= 15 is 0 Å². The molecule has 24 heavy (non-hydrogen) atoms. The minimum atomic E-state index is -3.60. The van der Waals surface area contributed by atoms with Crippen molar-refractivity contribution in [3.63, 3.8) is 0 Å². The van der Waals surface area contributed by atoms with Gasteiger partial charge in [0.05, 0.1) is 5.75 Å². The standard InChI is InChI=1S/C18H23NO4S/c1-3-8-16-11-12-17(19(16)24(21,22)13-4-2)18(20)23-14-15-9-6-5-7-10-15/h3-10,16-17H,2,11-14H2,1H3/b8-3-/t16-,17+/m1/s1. The lowest BCUT2D eigenvalue weighted by Gasteiger charge is -2.26. The number of nitrogens with zero attached hydrogens (tertiary/aromatic N) is 1. The van der Waals surface area contributed by atoms with Gasteiger partial charge in [-0.3, -0.25) is 4.79 Å². The lowest BCUT2D eigenvalue weighted by Crippen LogP contribution is -2.45. The quantitative estimate of drug-likeness (QED) is 0.561. The van der Waals surface area contributed by atoms with Crippen LogP contribution in [-0.2, 0) is 26.2 Å². The van der Waals surface area contributed by atoms with Crippen molar-refractivity contribution in [3.8, 4) is 0 Å². The Kier molecular flexibility index (Phi) is 6.34. The van der Waals surface area contributed by atoms with Gasteiger partial charge in [0.1, 0.15) is 12.6 Å². The van der Waals surface area contributed by atoms with E-state index in [9.17, 15) is 13.2 Å². The Labute approximate surface area is 143 Å². The van der Waals surface area contributed by atoms with Crippen molar-refractivity contribution in [2.45, 2.75) is 38.5 Å². The molecule has 1 aromatic carbocycles. The lowest BCUT2D eigenvalue weighted by atomic mass is 10.2. The molecule has 1 heterocycles.